The zero-order chi connectivity index (χ0) is 14.9. The Labute approximate surface area is 130 Å². The van der Waals surface area contributed by atoms with E-state index >= 15 is 0 Å². The smallest absolute Gasteiger partial charge is 0.226 e. The number of likely N-dealkylation sites (tertiary alicyclic amines) is 1. The molecule has 1 aliphatic heterocycles. The Hall–Kier alpha value is -1.91. The molecular weight excluding hydrogens is 276 g/mol. The maximum Gasteiger partial charge on any atom is 0.226 e. The normalized spacial score (nSPS) is 23.3. The van der Waals surface area contributed by atoms with Crippen molar-refractivity contribution in [3.63, 3.8) is 0 Å². The number of hydrogen-bond donors (Lipinski definition) is 0. The summed E-state index contributed by atoms with van der Waals surface area (Å²) >= 11 is 0. The van der Waals surface area contributed by atoms with Gasteiger partial charge in [0.1, 0.15) is 0 Å². The average Bonchev–Trinajstić information content (AvgIpc) is 3.21. The number of pyridine rings is 1. The summed E-state index contributed by atoms with van der Waals surface area (Å²) in [5.74, 6) is 1.49. The van der Waals surface area contributed by atoms with E-state index in [1.54, 1.807) is 0 Å². The fourth-order valence-electron chi connectivity index (χ4n) is 3.97. The second kappa shape index (κ2) is 5.71. The molecule has 2 aromatic heterocycles. The average molecular weight is 298 g/mol. The lowest BCUT2D eigenvalue weighted by atomic mass is 9.88. The van der Waals surface area contributed by atoms with E-state index in [-0.39, 0.29) is 12.0 Å². The van der Waals surface area contributed by atoms with Gasteiger partial charge in [-0.15, -0.1) is 10.2 Å². The molecule has 5 heteroatoms. The summed E-state index contributed by atoms with van der Waals surface area (Å²) in [4.78, 5) is 15.0. The van der Waals surface area contributed by atoms with Crippen molar-refractivity contribution in [2.75, 3.05) is 6.54 Å². The van der Waals surface area contributed by atoms with E-state index in [2.05, 4.69) is 15.1 Å². The highest BCUT2D eigenvalue weighted by molar-refractivity contribution is 5.79. The van der Waals surface area contributed by atoms with E-state index in [0.29, 0.717) is 5.91 Å². The van der Waals surface area contributed by atoms with Crippen molar-refractivity contribution in [2.24, 2.45) is 5.92 Å². The summed E-state index contributed by atoms with van der Waals surface area (Å²) in [6.07, 6.45) is 9.84. The first-order valence-electron chi connectivity index (χ1n) is 8.45. The minimum atomic E-state index is 0.0897. The summed E-state index contributed by atoms with van der Waals surface area (Å²) in [5.41, 5.74) is 0.856. The molecule has 5 nitrogen and oxygen atoms in total. The van der Waals surface area contributed by atoms with Crippen LogP contribution in [0.5, 0.6) is 0 Å². The standard InChI is InChI=1S/C17H22N4O/c22-17(13-7-2-1-3-8-13)20-12-6-9-14(20)16-19-18-15-10-4-5-11-21(15)16/h4-5,10-11,13-14H,1-3,6-9,12H2. The van der Waals surface area contributed by atoms with Crippen molar-refractivity contribution in [3.05, 3.63) is 30.2 Å². The summed E-state index contributed by atoms with van der Waals surface area (Å²) in [7, 11) is 0. The third-order valence-electron chi connectivity index (χ3n) is 5.13. The lowest BCUT2D eigenvalue weighted by molar-refractivity contribution is -0.137. The van der Waals surface area contributed by atoms with Gasteiger partial charge in [-0.1, -0.05) is 25.3 Å². The lowest BCUT2D eigenvalue weighted by Crippen LogP contribution is -2.37. The molecule has 0 N–H and O–H groups in total. The number of nitrogens with zero attached hydrogens (tertiary/aromatic N) is 4. The molecule has 0 bridgehead atoms. The molecule has 0 spiro atoms. The molecule has 0 radical (unpaired) electrons. The summed E-state index contributed by atoms with van der Waals surface area (Å²) in [5, 5.41) is 8.62. The molecule has 4 rings (SSSR count). The first-order valence-corrected chi connectivity index (χ1v) is 8.45. The Balaban J connectivity index is 1.62. The molecule has 1 saturated carbocycles. The van der Waals surface area contributed by atoms with Gasteiger partial charge in [-0.3, -0.25) is 9.20 Å². The van der Waals surface area contributed by atoms with Crippen LogP contribution in [0.2, 0.25) is 0 Å². The third kappa shape index (κ3) is 2.28. The summed E-state index contributed by atoms with van der Waals surface area (Å²) < 4.78 is 2.02. The van der Waals surface area contributed by atoms with E-state index < -0.39 is 0 Å². The molecule has 2 aromatic rings. The van der Waals surface area contributed by atoms with Crippen LogP contribution in [0.3, 0.4) is 0 Å². The number of fused-ring (bicyclic) bond motifs is 1. The second-order valence-electron chi connectivity index (χ2n) is 6.51. The summed E-state index contributed by atoms with van der Waals surface area (Å²) in [6, 6.07) is 6.00. The van der Waals surface area contributed by atoms with Crippen molar-refractivity contribution < 1.29 is 4.79 Å². The van der Waals surface area contributed by atoms with Gasteiger partial charge >= 0.3 is 0 Å². The van der Waals surface area contributed by atoms with Gasteiger partial charge in [-0.2, -0.15) is 0 Å². The molecule has 22 heavy (non-hydrogen) atoms. The van der Waals surface area contributed by atoms with Crippen molar-refractivity contribution >= 4 is 11.6 Å². The van der Waals surface area contributed by atoms with Gasteiger partial charge in [-0.05, 0) is 37.8 Å². The highest BCUT2D eigenvalue weighted by atomic mass is 16.2. The predicted octanol–water partition coefficient (Wildman–Crippen LogP) is 2.97. The third-order valence-corrected chi connectivity index (χ3v) is 5.13. The highest BCUT2D eigenvalue weighted by Gasteiger charge is 2.36. The number of amides is 1. The second-order valence-corrected chi connectivity index (χ2v) is 6.51. The van der Waals surface area contributed by atoms with Crippen molar-refractivity contribution in [2.45, 2.75) is 51.0 Å². The van der Waals surface area contributed by atoms with Crippen LogP contribution in [0, 0.1) is 5.92 Å². The quantitative estimate of drug-likeness (QED) is 0.856. The zero-order valence-corrected chi connectivity index (χ0v) is 12.8. The van der Waals surface area contributed by atoms with E-state index in [9.17, 15) is 4.79 Å². The molecule has 1 amide bonds. The molecule has 1 unspecified atom stereocenters. The van der Waals surface area contributed by atoms with Gasteiger partial charge in [-0.25, -0.2) is 0 Å². The Morgan fingerprint density at radius 1 is 1.05 bits per heavy atom. The number of carbonyl (C=O) groups excluding carboxylic acids is 1. The Bertz CT molecular complexity index is 674. The SMILES string of the molecule is O=C(C1CCCCC1)N1CCCC1c1nnc2ccccn12. The van der Waals surface area contributed by atoms with E-state index in [1.165, 1.54) is 19.3 Å². The Morgan fingerprint density at radius 3 is 2.77 bits per heavy atom. The molecule has 3 heterocycles. The molecule has 0 aromatic carbocycles. The number of rotatable bonds is 2. The van der Waals surface area contributed by atoms with Crippen LogP contribution in [0.25, 0.3) is 5.65 Å². The van der Waals surface area contributed by atoms with Crippen LogP contribution in [0.4, 0.5) is 0 Å². The Morgan fingerprint density at radius 2 is 1.91 bits per heavy atom. The largest absolute Gasteiger partial charge is 0.332 e. The van der Waals surface area contributed by atoms with E-state index in [4.69, 9.17) is 0 Å². The molecule has 1 aliphatic carbocycles. The van der Waals surface area contributed by atoms with E-state index in [0.717, 1.165) is 43.7 Å². The van der Waals surface area contributed by atoms with Crippen LogP contribution in [-0.2, 0) is 4.79 Å². The molecular formula is C17H22N4O. The minimum Gasteiger partial charge on any atom is -0.332 e. The first-order chi connectivity index (χ1) is 10.8. The topological polar surface area (TPSA) is 50.5 Å². The van der Waals surface area contributed by atoms with Gasteiger partial charge in [0.05, 0.1) is 6.04 Å². The maximum absolute atomic E-state index is 12.9. The van der Waals surface area contributed by atoms with Crippen LogP contribution < -0.4 is 0 Å². The van der Waals surface area contributed by atoms with Crippen LogP contribution in [0.15, 0.2) is 24.4 Å². The molecule has 2 fully saturated rings. The minimum absolute atomic E-state index is 0.0897. The highest BCUT2D eigenvalue weighted by Crippen LogP contribution is 2.35. The van der Waals surface area contributed by atoms with Crippen LogP contribution in [0.1, 0.15) is 56.8 Å². The van der Waals surface area contributed by atoms with Crippen LogP contribution >= 0.6 is 0 Å². The van der Waals surface area contributed by atoms with Gasteiger partial charge < -0.3 is 4.90 Å². The van der Waals surface area contributed by atoms with Crippen molar-refractivity contribution in [1.29, 1.82) is 0 Å². The monoisotopic (exact) mass is 298 g/mol. The molecule has 116 valence electrons. The first kappa shape index (κ1) is 13.7. The van der Waals surface area contributed by atoms with Crippen molar-refractivity contribution in [3.8, 4) is 0 Å². The fraction of sp³-hybridized carbons (Fsp3) is 0.588. The fourth-order valence-corrected chi connectivity index (χ4v) is 3.97. The summed E-state index contributed by atoms with van der Waals surface area (Å²) in [6.45, 7) is 0.863. The Kier molecular flexibility index (Phi) is 3.56. The molecule has 1 atom stereocenters. The number of hydrogen-bond acceptors (Lipinski definition) is 3. The lowest BCUT2D eigenvalue weighted by Gasteiger charge is -2.29. The van der Waals surface area contributed by atoms with E-state index in [1.807, 2.05) is 28.8 Å². The molecule has 2 aliphatic rings. The van der Waals surface area contributed by atoms with Crippen LogP contribution in [-0.4, -0.2) is 31.9 Å². The van der Waals surface area contributed by atoms with Gasteiger partial charge in [0.25, 0.3) is 0 Å². The number of carbonyl (C=O) groups is 1. The molecule has 1 saturated heterocycles. The maximum atomic E-state index is 12.9. The van der Waals surface area contributed by atoms with Gasteiger partial charge in [0.15, 0.2) is 11.5 Å². The predicted molar refractivity (Wildman–Crippen MR) is 83.3 cm³/mol. The zero-order valence-electron chi connectivity index (χ0n) is 12.8. The van der Waals surface area contributed by atoms with Gasteiger partial charge in [0.2, 0.25) is 5.91 Å². The van der Waals surface area contributed by atoms with Crippen molar-refractivity contribution in [1.82, 2.24) is 19.5 Å². The van der Waals surface area contributed by atoms with Gasteiger partial charge in [0, 0.05) is 18.7 Å². The number of aromatic nitrogens is 3.